The third-order valence-electron chi connectivity index (χ3n) is 3.38. The van der Waals surface area contributed by atoms with Gasteiger partial charge in [-0.1, -0.05) is 18.2 Å². The number of aryl methyl sites for hydroxylation is 2. The van der Waals surface area contributed by atoms with Crippen LogP contribution in [-0.2, 0) is 16.3 Å². The summed E-state index contributed by atoms with van der Waals surface area (Å²) < 4.78 is 11.9. The van der Waals surface area contributed by atoms with Crippen molar-refractivity contribution in [1.29, 1.82) is 0 Å². The van der Waals surface area contributed by atoms with Crippen molar-refractivity contribution in [2.75, 3.05) is 7.11 Å². The van der Waals surface area contributed by atoms with E-state index in [4.69, 9.17) is 9.07 Å². The smallest absolute Gasteiger partial charge is 0.294 e. The molecular formula is C16H15N3O4S. The van der Waals surface area contributed by atoms with Crippen molar-refractivity contribution in [3.63, 3.8) is 0 Å². The second kappa shape index (κ2) is 7.00. The lowest BCUT2D eigenvalue weighted by Gasteiger charge is -2.11. The Balaban J connectivity index is 2.03. The first-order valence-electron chi connectivity index (χ1n) is 7.07. The zero-order chi connectivity index (χ0) is 17.1. The van der Waals surface area contributed by atoms with E-state index in [1.165, 1.54) is 11.7 Å². The van der Waals surface area contributed by atoms with Crippen LogP contribution in [0.15, 0.2) is 46.5 Å². The number of fused-ring (bicyclic) bond motifs is 1. The highest BCUT2D eigenvalue weighted by molar-refractivity contribution is 7.94. The number of aromatic nitrogens is 3. The lowest BCUT2D eigenvalue weighted by Crippen LogP contribution is -2.19. The fraction of sp³-hybridized carbons (Fsp3) is 0.188. The molecule has 0 amide bonds. The molecule has 0 N–H and O–H groups in total. The quantitative estimate of drug-likeness (QED) is 0.304. The summed E-state index contributed by atoms with van der Waals surface area (Å²) >= 11 is 0.868. The Bertz CT molecular complexity index is 942. The Labute approximate surface area is 142 Å². The minimum Gasteiger partial charge on any atom is -0.451 e. The van der Waals surface area contributed by atoms with Gasteiger partial charge in [0.1, 0.15) is 23.4 Å². The second-order valence-electron chi connectivity index (χ2n) is 4.99. The molecule has 0 aliphatic rings. The molecule has 1 aromatic carbocycles. The predicted octanol–water partition coefficient (Wildman–Crippen LogP) is 3.01. The van der Waals surface area contributed by atoms with E-state index >= 15 is 0 Å². The Morgan fingerprint density at radius 3 is 2.75 bits per heavy atom. The number of nitrogens with zero attached hydrogens (tertiary/aromatic N) is 3. The van der Waals surface area contributed by atoms with Crippen LogP contribution in [0.2, 0.25) is 0 Å². The van der Waals surface area contributed by atoms with E-state index in [2.05, 4.69) is 14.9 Å². The summed E-state index contributed by atoms with van der Waals surface area (Å²) in [7, 11) is 3.02. The first-order chi connectivity index (χ1) is 11.6. The SMILES string of the molecule is COOSc1ncc2cc(Oc3ccccc3C)c(=O)n(C)c2n1. The van der Waals surface area contributed by atoms with Crippen LogP contribution in [-0.4, -0.2) is 21.6 Å². The Kier molecular flexibility index (Phi) is 4.79. The van der Waals surface area contributed by atoms with Crippen LogP contribution in [0.4, 0.5) is 0 Å². The van der Waals surface area contributed by atoms with E-state index in [-0.39, 0.29) is 11.3 Å². The molecule has 0 spiro atoms. The zero-order valence-corrected chi connectivity index (χ0v) is 14.2. The second-order valence-corrected chi connectivity index (χ2v) is 5.66. The van der Waals surface area contributed by atoms with Crippen LogP contribution < -0.4 is 10.3 Å². The highest BCUT2D eigenvalue weighted by Crippen LogP contribution is 2.25. The van der Waals surface area contributed by atoms with Crippen molar-refractivity contribution in [3.8, 4) is 11.5 Å². The van der Waals surface area contributed by atoms with Crippen molar-refractivity contribution < 1.29 is 14.0 Å². The largest absolute Gasteiger partial charge is 0.451 e. The van der Waals surface area contributed by atoms with Gasteiger partial charge >= 0.3 is 0 Å². The Morgan fingerprint density at radius 1 is 1.21 bits per heavy atom. The van der Waals surface area contributed by atoms with E-state index in [1.54, 1.807) is 19.3 Å². The highest BCUT2D eigenvalue weighted by Gasteiger charge is 2.12. The molecule has 0 aliphatic heterocycles. The predicted molar refractivity (Wildman–Crippen MR) is 90.0 cm³/mol. The van der Waals surface area contributed by atoms with E-state index in [1.807, 2.05) is 31.2 Å². The Hall–Kier alpha value is -2.42. The zero-order valence-electron chi connectivity index (χ0n) is 13.3. The third kappa shape index (κ3) is 3.25. The minimum atomic E-state index is -0.284. The van der Waals surface area contributed by atoms with Crippen LogP contribution in [0, 0.1) is 6.92 Å². The van der Waals surface area contributed by atoms with Crippen molar-refractivity contribution in [2.45, 2.75) is 12.1 Å². The molecule has 2 aromatic heterocycles. The molecule has 0 atom stereocenters. The van der Waals surface area contributed by atoms with Gasteiger partial charge in [-0.25, -0.2) is 14.9 Å². The first-order valence-corrected chi connectivity index (χ1v) is 7.82. The number of para-hydroxylation sites is 1. The molecule has 0 saturated carbocycles. The normalized spacial score (nSPS) is 11.0. The molecule has 3 rings (SSSR count). The first kappa shape index (κ1) is 16.4. The van der Waals surface area contributed by atoms with Crippen LogP contribution in [0.1, 0.15) is 5.56 Å². The summed E-state index contributed by atoms with van der Waals surface area (Å²) in [6, 6.07) is 9.14. The topological polar surface area (TPSA) is 75.5 Å². The van der Waals surface area contributed by atoms with Gasteiger partial charge in [0.15, 0.2) is 5.75 Å². The van der Waals surface area contributed by atoms with E-state index in [9.17, 15) is 4.79 Å². The molecule has 0 radical (unpaired) electrons. The molecule has 2 heterocycles. The third-order valence-corrected chi connectivity index (χ3v) is 3.93. The molecule has 0 unspecified atom stereocenters. The molecule has 8 heteroatoms. The van der Waals surface area contributed by atoms with Crippen LogP contribution in [0.5, 0.6) is 11.5 Å². The van der Waals surface area contributed by atoms with Crippen LogP contribution in [0.3, 0.4) is 0 Å². The fourth-order valence-corrected chi connectivity index (χ4v) is 2.52. The van der Waals surface area contributed by atoms with Crippen LogP contribution in [0.25, 0.3) is 11.0 Å². The van der Waals surface area contributed by atoms with Gasteiger partial charge in [-0.15, -0.1) is 0 Å². The summed E-state index contributed by atoms with van der Waals surface area (Å²) in [6.07, 6.45) is 1.60. The molecule has 0 aliphatic carbocycles. The lowest BCUT2D eigenvalue weighted by atomic mass is 10.2. The van der Waals surface area contributed by atoms with E-state index < -0.39 is 0 Å². The van der Waals surface area contributed by atoms with Gasteiger partial charge in [0.2, 0.25) is 5.16 Å². The number of pyridine rings is 1. The summed E-state index contributed by atoms with van der Waals surface area (Å²) in [5, 5.41) is 1.02. The van der Waals surface area contributed by atoms with Crippen molar-refractivity contribution >= 4 is 23.1 Å². The molecule has 0 bridgehead atoms. The molecule has 3 aromatic rings. The van der Waals surface area contributed by atoms with Gasteiger partial charge in [-0.3, -0.25) is 9.36 Å². The standard InChI is InChI=1S/C16H15N3O4S/c1-10-6-4-5-7-12(10)22-13-8-11-9-17-16(24-23-21-3)18-14(11)19(2)15(13)20/h4-9H,1-3H3. The van der Waals surface area contributed by atoms with Gasteiger partial charge in [0.25, 0.3) is 5.56 Å². The molecular weight excluding hydrogens is 330 g/mol. The average molecular weight is 345 g/mol. The van der Waals surface area contributed by atoms with Crippen molar-refractivity contribution in [3.05, 3.63) is 52.4 Å². The van der Waals surface area contributed by atoms with Crippen molar-refractivity contribution in [1.82, 2.24) is 14.5 Å². The average Bonchev–Trinajstić information content (AvgIpc) is 2.59. The molecule has 0 fully saturated rings. The minimum absolute atomic E-state index is 0.219. The fourth-order valence-electron chi connectivity index (χ4n) is 2.17. The summed E-state index contributed by atoms with van der Waals surface area (Å²) in [6.45, 7) is 1.92. The van der Waals surface area contributed by atoms with Gasteiger partial charge in [-0.05, 0) is 24.6 Å². The lowest BCUT2D eigenvalue weighted by molar-refractivity contribution is -0.160. The molecule has 24 heavy (non-hydrogen) atoms. The van der Waals surface area contributed by atoms with Gasteiger partial charge in [0.05, 0.1) is 7.11 Å². The number of ether oxygens (including phenoxy) is 1. The molecule has 124 valence electrons. The van der Waals surface area contributed by atoms with Gasteiger partial charge < -0.3 is 4.74 Å². The number of benzene rings is 1. The molecule has 0 saturated heterocycles. The summed E-state index contributed by atoms with van der Waals surface area (Å²) in [4.78, 5) is 25.5. The summed E-state index contributed by atoms with van der Waals surface area (Å²) in [5.41, 5.74) is 1.14. The van der Waals surface area contributed by atoms with Gasteiger partial charge in [-0.2, -0.15) is 4.33 Å². The summed E-state index contributed by atoms with van der Waals surface area (Å²) in [5.74, 6) is 0.854. The number of rotatable bonds is 5. The highest BCUT2D eigenvalue weighted by atomic mass is 32.2. The monoisotopic (exact) mass is 345 g/mol. The van der Waals surface area contributed by atoms with E-state index in [0.717, 1.165) is 17.6 Å². The van der Waals surface area contributed by atoms with Crippen LogP contribution >= 0.6 is 12.0 Å². The maximum atomic E-state index is 12.5. The molecule has 7 nitrogen and oxygen atoms in total. The van der Waals surface area contributed by atoms with Gasteiger partial charge in [0, 0.05) is 18.6 Å². The maximum absolute atomic E-state index is 12.5. The Morgan fingerprint density at radius 2 is 2.00 bits per heavy atom. The van der Waals surface area contributed by atoms with E-state index in [0.29, 0.717) is 21.9 Å². The number of hydrogen-bond donors (Lipinski definition) is 0. The van der Waals surface area contributed by atoms with Crippen molar-refractivity contribution in [2.24, 2.45) is 7.05 Å². The number of hydrogen-bond acceptors (Lipinski definition) is 7. The maximum Gasteiger partial charge on any atom is 0.294 e.